The van der Waals surface area contributed by atoms with Gasteiger partial charge in [-0.05, 0) is 33.8 Å². The molecule has 150 valence electrons. The smallest absolute Gasteiger partial charge is 0.258 e. The van der Waals surface area contributed by atoms with Gasteiger partial charge in [-0.1, -0.05) is 98.6 Å². The van der Waals surface area contributed by atoms with Gasteiger partial charge in [-0.15, -0.1) is 0 Å². The van der Waals surface area contributed by atoms with Crippen molar-refractivity contribution in [3.63, 3.8) is 0 Å². The minimum atomic E-state index is -2.98. The molecule has 0 saturated heterocycles. The molecule has 0 aliphatic carbocycles. The largest absolute Gasteiger partial charge is 0.448 e. The van der Waals surface area contributed by atoms with Crippen molar-refractivity contribution in [1.82, 2.24) is 0 Å². The molecule has 0 bridgehead atoms. The molecule has 3 heteroatoms. The maximum absolute atomic E-state index is 12.2. The van der Waals surface area contributed by atoms with E-state index in [1.54, 1.807) is 0 Å². The number of fused-ring (bicyclic) bond motifs is 1. The van der Waals surface area contributed by atoms with Crippen molar-refractivity contribution in [2.24, 2.45) is 0 Å². The molecule has 0 atom stereocenters. The first-order valence-corrected chi connectivity index (χ1v) is 12.3. The molecule has 0 unspecified atom stereocenters. The van der Waals surface area contributed by atoms with Gasteiger partial charge >= 0.3 is 0 Å². The Morgan fingerprint density at radius 3 is 2.00 bits per heavy atom. The maximum atomic E-state index is 12.2. The highest BCUT2D eigenvalue weighted by Crippen LogP contribution is 2.39. The predicted molar refractivity (Wildman–Crippen MR) is 126 cm³/mol. The SMILES string of the molecule is CC(C)(CCC#Cc1cc2ccccc2o1)[Si](O)(c1ccccc1)c1ccccc1. The second-order valence-corrected chi connectivity index (χ2v) is 12.2. The summed E-state index contributed by atoms with van der Waals surface area (Å²) in [4.78, 5) is 12.2. The summed E-state index contributed by atoms with van der Waals surface area (Å²) in [5.41, 5.74) is 0.858. The zero-order valence-electron chi connectivity index (χ0n) is 17.4. The Bertz CT molecular complexity index is 1110. The topological polar surface area (TPSA) is 33.4 Å². The van der Waals surface area contributed by atoms with Crippen LogP contribution in [0, 0.1) is 11.8 Å². The van der Waals surface area contributed by atoms with Gasteiger partial charge in [-0.2, -0.15) is 0 Å². The molecular formula is C27H26O2Si. The highest BCUT2D eigenvalue weighted by molar-refractivity contribution is 6.98. The van der Waals surface area contributed by atoms with Crippen LogP contribution in [0.5, 0.6) is 0 Å². The molecule has 3 aromatic carbocycles. The summed E-state index contributed by atoms with van der Waals surface area (Å²) >= 11 is 0. The molecule has 0 aliphatic heterocycles. The Kier molecular flexibility index (Phi) is 5.63. The third-order valence-corrected chi connectivity index (χ3v) is 10.4. The van der Waals surface area contributed by atoms with Crippen molar-refractivity contribution < 1.29 is 9.21 Å². The van der Waals surface area contributed by atoms with Crippen molar-refractivity contribution in [3.8, 4) is 11.8 Å². The normalized spacial score (nSPS) is 11.8. The van der Waals surface area contributed by atoms with Crippen molar-refractivity contribution >= 4 is 29.7 Å². The van der Waals surface area contributed by atoms with Gasteiger partial charge in [0.15, 0.2) is 5.76 Å². The van der Waals surface area contributed by atoms with Crippen LogP contribution in [0.4, 0.5) is 0 Å². The van der Waals surface area contributed by atoms with Crippen LogP contribution in [-0.4, -0.2) is 13.1 Å². The lowest BCUT2D eigenvalue weighted by atomic mass is 10.1. The van der Waals surface area contributed by atoms with Gasteiger partial charge in [0.05, 0.1) is 0 Å². The van der Waals surface area contributed by atoms with E-state index in [4.69, 9.17) is 4.42 Å². The fraction of sp³-hybridized carbons (Fsp3) is 0.185. The number of hydrogen-bond acceptors (Lipinski definition) is 2. The molecule has 0 saturated carbocycles. The average Bonchev–Trinajstić information content (AvgIpc) is 3.20. The van der Waals surface area contributed by atoms with E-state index in [0.29, 0.717) is 12.2 Å². The monoisotopic (exact) mass is 410 g/mol. The summed E-state index contributed by atoms with van der Waals surface area (Å²) in [5.74, 6) is 7.10. The van der Waals surface area contributed by atoms with Crippen LogP contribution in [0.3, 0.4) is 0 Å². The average molecular weight is 411 g/mol. The fourth-order valence-electron chi connectivity index (χ4n) is 4.06. The first-order chi connectivity index (χ1) is 14.5. The Morgan fingerprint density at radius 1 is 0.833 bits per heavy atom. The van der Waals surface area contributed by atoms with Crippen molar-refractivity contribution in [2.45, 2.75) is 31.7 Å². The number of benzene rings is 3. The van der Waals surface area contributed by atoms with Gasteiger partial charge < -0.3 is 9.21 Å². The number of para-hydroxylation sites is 1. The lowest BCUT2D eigenvalue weighted by molar-refractivity contribution is 0.470. The summed E-state index contributed by atoms with van der Waals surface area (Å²) in [6.07, 6.45) is 1.49. The Hall–Kier alpha value is -3.06. The van der Waals surface area contributed by atoms with Crippen LogP contribution >= 0.6 is 0 Å². The zero-order chi connectivity index (χ0) is 21.0. The third kappa shape index (κ3) is 3.85. The first-order valence-electron chi connectivity index (χ1n) is 10.3. The Balaban J connectivity index is 1.58. The van der Waals surface area contributed by atoms with Gasteiger partial charge in [0.1, 0.15) is 5.58 Å². The Labute approximate surface area is 179 Å². The van der Waals surface area contributed by atoms with Crippen molar-refractivity contribution in [1.29, 1.82) is 0 Å². The summed E-state index contributed by atoms with van der Waals surface area (Å²) in [6.45, 7) is 4.34. The molecule has 0 spiro atoms. The second-order valence-electron chi connectivity index (χ2n) is 8.28. The number of furan rings is 1. The van der Waals surface area contributed by atoms with Crippen LogP contribution < -0.4 is 10.4 Å². The van der Waals surface area contributed by atoms with Gasteiger partial charge in [0, 0.05) is 17.9 Å². The van der Waals surface area contributed by atoms with Crippen molar-refractivity contribution in [2.75, 3.05) is 0 Å². The molecular weight excluding hydrogens is 384 g/mol. The quantitative estimate of drug-likeness (QED) is 0.367. The van der Waals surface area contributed by atoms with Crippen LogP contribution in [0.1, 0.15) is 32.4 Å². The molecule has 1 heterocycles. The second kappa shape index (κ2) is 8.35. The lowest BCUT2D eigenvalue weighted by Gasteiger charge is -2.41. The predicted octanol–water partition coefficient (Wildman–Crippen LogP) is 5.10. The van der Waals surface area contributed by atoms with Gasteiger partial charge in [-0.3, -0.25) is 0 Å². The number of hydrogen-bond donors (Lipinski definition) is 1. The number of rotatable bonds is 5. The molecule has 1 N–H and O–H groups in total. The van der Waals surface area contributed by atoms with E-state index >= 15 is 0 Å². The summed E-state index contributed by atoms with van der Waals surface area (Å²) < 4.78 is 5.79. The minimum Gasteiger partial charge on any atom is -0.448 e. The van der Waals surface area contributed by atoms with Crippen molar-refractivity contribution in [3.05, 3.63) is 96.8 Å². The molecule has 0 fully saturated rings. The molecule has 0 radical (unpaired) electrons. The highest BCUT2D eigenvalue weighted by atomic mass is 28.4. The maximum Gasteiger partial charge on any atom is 0.258 e. The van der Waals surface area contributed by atoms with E-state index in [1.807, 2.05) is 66.7 Å². The molecule has 1 aromatic heterocycles. The van der Waals surface area contributed by atoms with Crippen LogP contribution in [-0.2, 0) is 0 Å². The van der Waals surface area contributed by atoms with E-state index in [9.17, 15) is 4.80 Å². The summed E-state index contributed by atoms with van der Waals surface area (Å²) in [7, 11) is -2.98. The molecule has 0 amide bonds. The minimum absolute atomic E-state index is 0.293. The lowest BCUT2D eigenvalue weighted by Crippen LogP contribution is -2.65. The van der Waals surface area contributed by atoms with E-state index in [0.717, 1.165) is 27.8 Å². The van der Waals surface area contributed by atoms with Gasteiger partial charge in [-0.25, -0.2) is 0 Å². The van der Waals surface area contributed by atoms with E-state index < -0.39 is 8.32 Å². The molecule has 4 aromatic rings. The molecule has 2 nitrogen and oxygen atoms in total. The van der Waals surface area contributed by atoms with Gasteiger partial charge in [0.25, 0.3) is 8.32 Å². The zero-order valence-corrected chi connectivity index (χ0v) is 18.4. The highest BCUT2D eigenvalue weighted by Gasteiger charge is 2.49. The van der Waals surface area contributed by atoms with Crippen LogP contribution in [0.2, 0.25) is 5.04 Å². The first kappa shape index (κ1) is 20.2. The standard InChI is InChI=1S/C27H26O2Si/c1-27(2,20-12-11-14-23-21-22-13-9-10-19-26(22)29-23)30(28,24-15-5-3-6-16-24)25-17-7-4-8-18-25/h3-10,13,15-19,21,28H,12,20H2,1-2H3. The molecule has 30 heavy (non-hydrogen) atoms. The molecule has 4 rings (SSSR count). The summed E-state index contributed by atoms with van der Waals surface area (Å²) in [5, 5.41) is 2.84. The Morgan fingerprint density at radius 2 is 1.40 bits per heavy atom. The van der Waals surface area contributed by atoms with E-state index in [2.05, 4.69) is 50.0 Å². The van der Waals surface area contributed by atoms with Gasteiger partial charge in [0.2, 0.25) is 0 Å². The van der Waals surface area contributed by atoms with E-state index in [-0.39, 0.29) is 5.04 Å². The third-order valence-electron chi connectivity index (χ3n) is 5.87. The molecule has 0 aliphatic rings. The van der Waals surface area contributed by atoms with Crippen LogP contribution in [0.15, 0.2) is 95.4 Å². The van der Waals surface area contributed by atoms with Crippen LogP contribution in [0.25, 0.3) is 11.0 Å². The summed E-state index contributed by atoms with van der Waals surface area (Å²) in [6, 6.07) is 30.2. The fourth-order valence-corrected chi connectivity index (χ4v) is 7.79. The van der Waals surface area contributed by atoms with E-state index in [1.165, 1.54) is 0 Å².